The van der Waals surface area contributed by atoms with Crippen molar-refractivity contribution < 1.29 is 0 Å². The van der Waals surface area contributed by atoms with Gasteiger partial charge in [-0.15, -0.1) is 11.3 Å². The molecule has 4 rings (SSSR count). The topological polar surface area (TPSA) is 50.7 Å². The normalized spacial score (nSPS) is 11.5. The van der Waals surface area contributed by atoms with Crippen LogP contribution in [0.25, 0.3) is 32.9 Å². The van der Waals surface area contributed by atoms with Crippen LogP contribution in [0.5, 0.6) is 0 Å². The van der Waals surface area contributed by atoms with Crippen LogP contribution in [0.15, 0.2) is 58.7 Å². The van der Waals surface area contributed by atoms with E-state index in [1.165, 1.54) is 0 Å². The molecule has 0 spiro atoms. The van der Waals surface area contributed by atoms with E-state index >= 15 is 0 Å². The van der Waals surface area contributed by atoms with E-state index in [1.54, 1.807) is 15.9 Å². The molecule has 120 valence electrons. The van der Waals surface area contributed by atoms with E-state index in [1.807, 2.05) is 50.2 Å². The van der Waals surface area contributed by atoms with E-state index < -0.39 is 0 Å². The molecule has 0 atom stereocenters. The highest BCUT2D eigenvalue weighted by atomic mass is 32.1. The molecule has 0 aliphatic heterocycles. The fraction of sp³-hybridized carbons (Fsp3) is 0.158. The van der Waals surface area contributed by atoms with E-state index in [0.717, 1.165) is 32.9 Å². The van der Waals surface area contributed by atoms with Crippen molar-refractivity contribution in [2.24, 2.45) is 0 Å². The molecule has 0 aliphatic carbocycles. The highest BCUT2D eigenvalue weighted by Gasteiger charge is 2.15. The fourth-order valence-corrected chi connectivity index (χ4v) is 3.84. The number of fused-ring (bicyclic) bond motifs is 1. The Hall–Kier alpha value is -2.66. The lowest BCUT2D eigenvalue weighted by atomic mass is 10.1. The number of para-hydroxylation sites is 1. The van der Waals surface area contributed by atoms with E-state index in [9.17, 15) is 4.79 Å². The van der Waals surface area contributed by atoms with Gasteiger partial charge in [0.2, 0.25) is 0 Å². The van der Waals surface area contributed by atoms with Gasteiger partial charge in [0, 0.05) is 22.5 Å². The number of hydrogen-bond donors (Lipinski definition) is 1. The fourth-order valence-electron chi connectivity index (χ4n) is 2.98. The molecule has 0 amide bonds. The first-order valence-electron chi connectivity index (χ1n) is 7.89. The number of nitrogens with zero attached hydrogens (tertiary/aromatic N) is 2. The zero-order valence-corrected chi connectivity index (χ0v) is 14.3. The van der Waals surface area contributed by atoms with Gasteiger partial charge in [-0.2, -0.15) is 0 Å². The lowest BCUT2D eigenvalue weighted by Crippen LogP contribution is -2.18. The maximum Gasteiger partial charge on any atom is 0.326 e. The van der Waals surface area contributed by atoms with Gasteiger partial charge in [-0.25, -0.2) is 9.78 Å². The summed E-state index contributed by atoms with van der Waals surface area (Å²) in [6.07, 6.45) is 0. The van der Waals surface area contributed by atoms with Crippen LogP contribution in [0.1, 0.15) is 19.9 Å². The Labute approximate surface area is 143 Å². The predicted octanol–water partition coefficient (Wildman–Crippen LogP) is 4.70. The van der Waals surface area contributed by atoms with Crippen LogP contribution in [0.3, 0.4) is 0 Å². The zero-order chi connectivity index (χ0) is 16.7. The minimum Gasteiger partial charge on any atom is -0.305 e. The molecule has 0 saturated heterocycles. The number of rotatable bonds is 3. The molecule has 2 aromatic heterocycles. The lowest BCUT2D eigenvalue weighted by Gasteiger charge is -2.07. The number of hydrogen-bond acceptors (Lipinski definition) is 3. The summed E-state index contributed by atoms with van der Waals surface area (Å²) >= 11 is 1.59. The summed E-state index contributed by atoms with van der Waals surface area (Å²) in [5.41, 5.74) is 4.72. The number of imidazole rings is 1. The highest BCUT2D eigenvalue weighted by Crippen LogP contribution is 2.32. The number of nitrogens with one attached hydrogen (secondary N) is 1. The van der Waals surface area contributed by atoms with Crippen molar-refractivity contribution in [3.63, 3.8) is 0 Å². The molecule has 0 aliphatic rings. The summed E-state index contributed by atoms with van der Waals surface area (Å²) in [5, 5.41) is 2.97. The summed E-state index contributed by atoms with van der Waals surface area (Å²) in [5.74, 6) is 0. The van der Waals surface area contributed by atoms with Crippen molar-refractivity contribution in [1.82, 2.24) is 14.5 Å². The lowest BCUT2D eigenvalue weighted by molar-refractivity contribution is 0.598. The maximum absolute atomic E-state index is 12.3. The average Bonchev–Trinajstić information content (AvgIpc) is 3.19. The molecule has 0 saturated carbocycles. The summed E-state index contributed by atoms with van der Waals surface area (Å²) in [6, 6.07) is 16.2. The summed E-state index contributed by atoms with van der Waals surface area (Å²) in [4.78, 5) is 20.1. The van der Waals surface area contributed by atoms with Crippen LogP contribution in [0, 0.1) is 0 Å². The van der Waals surface area contributed by atoms with Crippen LogP contribution < -0.4 is 5.69 Å². The van der Waals surface area contributed by atoms with Gasteiger partial charge in [-0.3, -0.25) is 4.57 Å². The Morgan fingerprint density at radius 1 is 1.08 bits per heavy atom. The largest absolute Gasteiger partial charge is 0.326 e. The maximum atomic E-state index is 12.3. The number of H-pyrrole nitrogens is 1. The molecular weight excluding hydrogens is 318 g/mol. The summed E-state index contributed by atoms with van der Waals surface area (Å²) in [6.45, 7) is 4.02. The standard InChI is InChI=1S/C19H17N3OS/c1-12(2)22-16-10-6-9-14(17(16)21-19(22)23)18-20-15(11-24-18)13-7-4-3-5-8-13/h3-12H,1-2H3,(H,21,23). The molecule has 0 bridgehead atoms. The van der Waals surface area contributed by atoms with Crippen molar-refractivity contribution in [2.75, 3.05) is 0 Å². The SMILES string of the molecule is CC(C)n1c(=O)[nH]c2c(-c3nc(-c4ccccc4)cs3)cccc21. The molecule has 4 aromatic rings. The third-order valence-electron chi connectivity index (χ3n) is 4.07. The van der Waals surface area contributed by atoms with Crippen molar-refractivity contribution >= 4 is 22.4 Å². The van der Waals surface area contributed by atoms with Crippen molar-refractivity contribution in [3.05, 3.63) is 64.4 Å². The number of aromatic nitrogens is 3. The first-order chi connectivity index (χ1) is 11.6. The van der Waals surface area contributed by atoms with Crippen LogP contribution >= 0.6 is 11.3 Å². The quantitative estimate of drug-likeness (QED) is 0.590. The molecule has 0 fully saturated rings. The van der Waals surface area contributed by atoms with Gasteiger partial charge in [0.25, 0.3) is 0 Å². The van der Waals surface area contributed by atoms with E-state index in [0.29, 0.717) is 0 Å². The van der Waals surface area contributed by atoms with Gasteiger partial charge in [0.15, 0.2) is 0 Å². The number of benzene rings is 2. The molecule has 0 unspecified atom stereocenters. The number of aromatic amines is 1. The van der Waals surface area contributed by atoms with Gasteiger partial charge in [-0.05, 0) is 26.0 Å². The molecular formula is C19H17N3OS. The van der Waals surface area contributed by atoms with Crippen LogP contribution in [-0.2, 0) is 0 Å². The van der Waals surface area contributed by atoms with E-state index in [-0.39, 0.29) is 11.7 Å². The van der Waals surface area contributed by atoms with Gasteiger partial charge < -0.3 is 4.98 Å². The number of thiazole rings is 1. The van der Waals surface area contributed by atoms with Gasteiger partial charge >= 0.3 is 5.69 Å². The molecule has 0 radical (unpaired) electrons. The van der Waals surface area contributed by atoms with Gasteiger partial charge in [0.1, 0.15) is 5.01 Å². The average molecular weight is 335 g/mol. The first kappa shape index (κ1) is 14.9. The van der Waals surface area contributed by atoms with Crippen LogP contribution in [-0.4, -0.2) is 14.5 Å². The second-order valence-electron chi connectivity index (χ2n) is 6.00. The monoisotopic (exact) mass is 335 g/mol. The van der Waals surface area contributed by atoms with Crippen LogP contribution in [0.4, 0.5) is 0 Å². The first-order valence-corrected chi connectivity index (χ1v) is 8.77. The zero-order valence-electron chi connectivity index (χ0n) is 13.5. The Balaban J connectivity index is 1.88. The van der Waals surface area contributed by atoms with Crippen molar-refractivity contribution in [1.29, 1.82) is 0 Å². The third kappa shape index (κ3) is 2.37. The summed E-state index contributed by atoms with van der Waals surface area (Å²) < 4.78 is 1.78. The Morgan fingerprint density at radius 2 is 1.88 bits per heavy atom. The predicted molar refractivity (Wildman–Crippen MR) is 99.5 cm³/mol. The second kappa shape index (κ2) is 5.76. The summed E-state index contributed by atoms with van der Waals surface area (Å²) in [7, 11) is 0. The molecule has 4 nitrogen and oxygen atoms in total. The third-order valence-corrected chi connectivity index (χ3v) is 4.95. The highest BCUT2D eigenvalue weighted by molar-refractivity contribution is 7.13. The van der Waals surface area contributed by atoms with Crippen molar-refractivity contribution in [3.8, 4) is 21.8 Å². The van der Waals surface area contributed by atoms with E-state index in [2.05, 4.69) is 22.5 Å². The van der Waals surface area contributed by atoms with Gasteiger partial charge in [-0.1, -0.05) is 36.4 Å². The Bertz CT molecular complexity index is 1060. The molecule has 2 aromatic carbocycles. The Kier molecular flexibility index (Phi) is 3.58. The molecule has 2 heterocycles. The van der Waals surface area contributed by atoms with E-state index in [4.69, 9.17) is 4.98 Å². The van der Waals surface area contributed by atoms with Gasteiger partial charge in [0.05, 0.1) is 16.7 Å². The Morgan fingerprint density at radius 3 is 2.62 bits per heavy atom. The molecule has 24 heavy (non-hydrogen) atoms. The van der Waals surface area contributed by atoms with Crippen molar-refractivity contribution in [2.45, 2.75) is 19.9 Å². The van der Waals surface area contributed by atoms with Crippen LogP contribution in [0.2, 0.25) is 0 Å². The molecule has 1 N–H and O–H groups in total. The molecule has 5 heteroatoms. The smallest absolute Gasteiger partial charge is 0.305 e. The second-order valence-corrected chi connectivity index (χ2v) is 6.86. The minimum atomic E-state index is -0.0766. The minimum absolute atomic E-state index is 0.0766.